The van der Waals surface area contributed by atoms with E-state index >= 15 is 0 Å². The lowest BCUT2D eigenvalue weighted by Crippen LogP contribution is -2.36. The van der Waals surface area contributed by atoms with Gasteiger partial charge in [-0.1, -0.05) is 0 Å². The number of phenolic OH excluding ortho intramolecular Hbond substituents is 1. The molecule has 0 bridgehead atoms. The molecule has 32 heavy (non-hydrogen) atoms. The lowest BCUT2D eigenvalue weighted by atomic mass is 10.1. The maximum atomic E-state index is 12.7. The highest BCUT2D eigenvalue weighted by molar-refractivity contribution is 8.18. The van der Waals surface area contributed by atoms with Gasteiger partial charge >= 0.3 is 0 Å². The van der Waals surface area contributed by atoms with Gasteiger partial charge in [-0.25, -0.2) is 0 Å². The summed E-state index contributed by atoms with van der Waals surface area (Å²) < 4.78 is 20.7. The van der Waals surface area contributed by atoms with E-state index in [1.807, 2.05) is 0 Å². The van der Waals surface area contributed by atoms with E-state index in [0.29, 0.717) is 34.5 Å². The predicted octanol–water partition coefficient (Wildman–Crippen LogP) is 2.81. The Morgan fingerprint density at radius 3 is 2.53 bits per heavy atom. The number of hydrogen-bond acceptors (Lipinski definition) is 9. The average molecular weight is 458 g/mol. The smallest absolute Gasteiger partial charge is 0.294 e. The minimum absolute atomic E-state index is 0.106. The molecule has 3 amide bonds. The number of fused-ring (bicyclic) bond motifs is 1. The van der Waals surface area contributed by atoms with Crippen molar-refractivity contribution < 1.29 is 38.4 Å². The maximum absolute atomic E-state index is 12.7. The fourth-order valence-electron chi connectivity index (χ4n) is 3.10. The second-order valence-corrected chi connectivity index (χ2v) is 7.65. The molecule has 0 aromatic heterocycles. The largest absolute Gasteiger partial charge is 0.502 e. The number of amides is 3. The molecule has 2 aromatic rings. The highest BCUT2D eigenvalue weighted by Crippen LogP contribution is 2.39. The fourth-order valence-corrected chi connectivity index (χ4v) is 3.94. The van der Waals surface area contributed by atoms with Crippen molar-refractivity contribution >= 4 is 40.6 Å². The van der Waals surface area contributed by atoms with Crippen molar-refractivity contribution in [2.24, 2.45) is 0 Å². The van der Waals surface area contributed by atoms with Gasteiger partial charge in [-0.3, -0.25) is 19.3 Å². The minimum Gasteiger partial charge on any atom is -0.502 e. The van der Waals surface area contributed by atoms with Gasteiger partial charge in [0.1, 0.15) is 6.54 Å². The molecule has 0 unspecified atom stereocenters. The van der Waals surface area contributed by atoms with Gasteiger partial charge in [-0.15, -0.1) is 0 Å². The molecule has 11 heteroatoms. The van der Waals surface area contributed by atoms with E-state index in [2.05, 4.69) is 5.32 Å². The zero-order chi connectivity index (χ0) is 22.8. The summed E-state index contributed by atoms with van der Waals surface area (Å²) in [5.74, 6) is 0.0433. The van der Waals surface area contributed by atoms with Gasteiger partial charge in [0.15, 0.2) is 23.0 Å². The third-order valence-corrected chi connectivity index (χ3v) is 5.54. The number of methoxy groups -OCH3 is 2. The first-order valence-electron chi connectivity index (χ1n) is 9.29. The molecule has 4 rings (SSSR count). The van der Waals surface area contributed by atoms with Crippen LogP contribution in [0.1, 0.15) is 5.56 Å². The molecule has 166 valence electrons. The molecule has 0 spiro atoms. The quantitative estimate of drug-likeness (QED) is 0.629. The minimum atomic E-state index is -0.605. The number of anilines is 1. The average Bonchev–Trinajstić information content (AvgIpc) is 3.34. The topological polar surface area (TPSA) is 124 Å². The normalized spacial score (nSPS) is 15.9. The molecule has 2 aromatic carbocycles. The predicted molar refractivity (Wildman–Crippen MR) is 115 cm³/mol. The molecule has 2 aliphatic heterocycles. The summed E-state index contributed by atoms with van der Waals surface area (Å²) in [6.45, 7) is -0.340. The molecule has 2 heterocycles. The number of rotatable bonds is 6. The number of hydrogen-bond donors (Lipinski definition) is 2. The van der Waals surface area contributed by atoms with Crippen LogP contribution in [-0.4, -0.2) is 54.6 Å². The van der Waals surface area contributed by atoms with Crippen LogP contribution in [0, 0.1) is 0 Å². The molecule has 2 aliphatic rings. The van der Waals surface area contributed by atoms with E-state index < -0.39 is 23.6 Å². The Labute approximate surface area is 186 Å². The third-order valence-electron chi connectivity index (χ3n) is 4.63. The van der Waals surface area contributed by atoms with Crippen LogP contribution in [0.25, 0.3) is 6.08 Å². The van der Waals surface area contributed by atoms with Gasteiger partial charge < -0.3 is 29.4 Å². The van der Waals surface area contributed by atoms with Crippen molar-refractivity contribution in [3.05, 3.63) is 40.8 Å². The van der Waals surface area contributed by atoms with Gasteiger partial charge in [-0.2, -0.15) is 0 Å². The summed E-state index contributed by atoms with van der Waals surface area (Å²) in [6.07, 6.45) is 1.46. The molecule has 0 atom stereocenters. The van der Waals surface area contributed by atoms with Crippen LogP contribution in [0.2, 0.25) is 0 Å². The first-order chi connectivity index (χ1) is 15.4. The molecule has 1 fully saturated rings. The Balaban J connectivity index is 1.47. The SMILES string of the molecule is COc1cc(/C=C2/SC(=O)N(CC(=O)Nc3ccc4c(c3)OCO4)C2=O)cc(OC)c1O. The first kappa shape index (κ1) is 21.4. The molecular weight excluding hydrogens is 440 g/mol. The Morgan fingerprint density at radius 2 is 1.84 bits per heavy atom. The number of carbonyl (C=O) groups is 3. The van der Waals surface area contributed by atoms with Gasteiger partial charge in [0.05, 0.1) is 19.1 Å². The second-order valence-electron chi connectivity index (χ2n) is 6.66. The van der Waals surface area contributed by atoms with E-state index in [9.17, 15) is 19.5 Å². The van der Waals surface area contributed by atoms with Crippen molar-refractivity contribution in [1.82, 2.24) is 4.90 Å². The Hall–Kier alpha value is -3.86. The van der Waals surface area contributed by atoms with Crippen LogP contribution in [0.5, 0.6) is 28.7 Å². The van der Waals surface area contributed by atoms with Crippen LogP contribution < -0.4 is 24.3 Å². The summed E-state index contributed by atoms with van der Waals surface area (Å²) in [4.78, 5) is 38.5. The lowest BCUT2D eigenvalue weighted by molar-refractivity contribution is -0.127. The van der Waals surface area contributed by atoms with Crippen LogP contribution in [0.15, 0.2) is 35.2 Å². The Morgan fingerprint density at radius 1 is 1.16 bits per heavy atom. The lowest BCUT2D eigenvalue weighted by Gasteiger charge is -2.12. The number of nitrogens with zero attached hydrogens (tertiary/aromatic N) is 1. The number of ether oxygens (including phenoxy) is 4. The number of nitrogens with one attached hydrogen (secondary N) is 1. The van der Waals surface area contributed by atoms with E-state index in [4.69, 9.17) is 18.9 Å². The number of aromatic hydroxyl groups is 1. The summed E-state index contributed by atoms with van der Waals surface area (Å²) in [5.41, 5.74) is 0.928. The zero-order valence-corrected chi connectivity index (χ0v) is 17.9. The van der Waals surface area contributed by atoms with E-state index in [0.717, 1.165) is 4.90 Å². The fraction of sp³-hybridized carbons (Fsp3) is 0.190. The monoisotopic (exact) mass is 458 g/mol. The zero-order valence-electron chi connectivity index (χ0n) is 17.0. The van der Waals surface area contributed by atoms with Crippen LogP contribution >= 0.6 is 11.8 Å². The molecule has 10 nitrogen and oxygen atoms in total. The molecule has 0 saturated carbocycles. The molecule has 0 aliphatic carbocycles. The summed E-state index contributed by atoms with van der Waals surface area (Å²) in [6, 6.07) is 7.88. The van der Waals surface area contributed by atoms with Crippen molar-refractivity contribution in [2.45, 2.75) is 0 Å². The van der Waals surface area contributed by atoms with Crippen LogP contribution in [-0.2, 0) is 9.59 Å². The summed E-state index contributed by atoms with van der Waals surface area (Å²) in [7, 11) is 2.76. The van der Waals surface area contributed by atoms with Gasteiger partial charge in [0.25, 0.3) is 11.1 Å². The van der Waals surface area contributed by atoms with Crippen LogP contribution in [0.3, 0.4) is 0 Å². The number of carbonyl (C=O) groups excluding carboxylic acids is 3. The number of benzene rings is 2. The van der Waals surface area contributed by atoms with Gasteiger partial charge in [-0.05, 0) is 47.7 Å². The maximum Gasteiger partial charge on any atom is 0.294 e. The molecule has 1 saturated heterocycles. The molecular formula is C21H18N2O8S. The summed E-state index contributed by atoms with van der Waals surface area (Å²) in [5, 5.41) is 12.1. The van der Waals surface area contributed by atoms with Crippen molar-refractivity contribution in [1.29, 1.82) is 0 Å². The van der Waals surface area contributed by atoms with Crippen LogP contribution in [0.4, 0.5) is 10.5 Å². The van der Waals surface area contributed by atoms with Crippen molar-refractivity contribution in [3.63, 3.8) is 0 Å². The van der Waals surface area contributed by atoms with Gasteiger partial charge in [0, 0.05) is 11.8 Å². The van der Waals surface area contributed by atoms with Gasteiger partial charge in [0.2, 0.25) is 18.4 Å². The van der Waals surface area contributed by atoms with Crippen molar-refractivity contribution in [2.75, 3.05) is 32.9 Å². The van der Waals surface area contributed by atoms with Crippen molar-refractivity contribution in [3.8, 4) is 28.7 Å². The standard InChI is InChI=1S/C21H18N2O8S/c1-28-15-5-11(6-16(29-2)19(15)25)7-17-20(26)23(21(27)32-17)9-18(24)22-12-3-4-13-14(8-12)31-10-30-13/h3-8,25H,9-10H2,1-2H3,(H,22,24)/b17-7+. The van der Waals surface area contributed by atoms with E-state index in [1.54, 1.807) is 18.2 Å². The highest BCUT2D eigenvalue weighted by atomic mass is 32.2. The highest BCUT2D eigenvalue weighted by Gasteiger charge is 2.36. The Kier molecular flexibility index (Phi) is 5.82. The Bertz CT molecular complexity index is 1120. The summed E-state index contributed by atoms with van der Waals surface area (Å²) >= 11 is 0.710. The number of phenols is 1. The second kappa shape index (κ2) is 8.71. The van der Waals surface area contributed by atoms with E-state index in [-0.39, 0.29) is 28.9 Å². The molecule has 0 radical (unpaired) electrons. The first-order valence-corrected chi connectivity index (χ1v) is 10.1. The third kappa shape index (κ3) is 4.14. The molecule has 2 N–H and O–H groups in total. The number of imide groups is 1. The number of thioether (sulfide) groups is 1. The van der Waals surface area contributed by atoms with E-state index in [1.165, 1.54) is 32.4 Å².